The Hall–Kier alpha value is -0.120. The van der Waals surface area contributed by atoms with E-state index in [-0.39, 0.29) is 0 Å². The fourth-order valence-corrected chi connectivity index (χ4v) is 3.98. The lowest BCUT2D eigenvalue weighted by Gasteiger charge is -2.30. The van der Waals surface area contributed by atoms with E-state index in [9.17, 15) is 0 Å². The van der Waals surface area contributed by atoms with Crippen LogP contribution in [0.1, 0.15) is 32.1 Å². The third-order valence-electron chi connectivity index (χ3n) is 4.89. The van der Waals surface area contributed by atoms with E-state index in [1.54, 1.807) is 0 Å². The van der Waals surface area contributed by atoms with E-state index in [4.69, 9.17) is 4.74 Å². The number of nitrogens with one attached hydrogen (secondary N) is 1. The lowest BCUT2D eigenvalue weighted by atomic mass is 9.88. The van der Waals surface area contributed by atoms with E-state index in [1.807, 2.05) is 0 Å². The van der Waals surface area contributed by atoms with Crippen LogP contribution in [-0.4, -0.2) is 50.3 Å². The molecule has 0 aromatic rings. The molecule has 3 heteroatoms. The summed E-state index contributed by atoms with van der Waals surface area (Å²) in [5.41, 5.74) is 0. The molecule has 3 nitrogen and oxygen atoms in total. The zero-order valence-corrected chi connectivity index (χ0v) is 11.0. The van der Waals surface area contributed by atoms with Crippen molar-refractivity contribution in [1.82, 2.24) is 10.2 Å². The van der Waals surface area contributed by atoms with E-state index in [0.717, 1.165) is 37.1 Å². The quantitative estimate of drug-likeness (QED) is 0.803. The fourth-order valence-electron chi connectivity index (χ4n) is 3.98. The standard InChI is InChI=1S/C14H26N2O/c1-16(9-11-4-6-17-7-5-11)10-12-8-13-2-3-14(12)15-13/h11-15H,2-10H2,1H3. The Bertz CT molecular complexity index is 253. The lowest BCUT2D eigenvalue weighted by Crippen LogP contribution is -2.36. The van der Waals surface area contributed by atoms with Gasteiger partial charge in [0, 0.05) is 38.4 Å². The van der Waals surface area contributed by atoms with Gasteiger partial charge in [0.1, 0.15) is 0 Å². The minimum atomic E-state index is 0.831. The van der Waals surface area contributed by atoms with Crippen molar-refractivity contribution in [2.24, 2.45) is 11.8 Å². The molecule has 17 heavy (non-hydrogen) atoms. The molecular formula is C14H26N2O. The molecule has 2 bridgehead atoms. The van der Waals surface area contributed by atoms with Crippen LogP contribution in [0, 0.1) is 11.8 Å². The molecule has 3 atom stereocenters. The van der Waals surface area contributed by atoms with Gasteiger partial charge in [-0.15, -0.1) is 0 Å². The number of nitrogens with zero attached hydrogens (tertiary/aromatic N) is 1. The maximum absolute atomic E-state index is 5.43. The molecule has 1 N–H and O–H groups in total. The Morgan fingerprint density at radius 3 is 2.59 bits per heavy atom. The monoisotopic (exact) mass is 238 g/mol. The third-order valence-corrected chi connectivity index (χ3v) is 4.89. The molecule has 0 spiro atoms. The number of hydrogen-bond acceptors (Lipinski definition) is 3. The number of rotatable bonds is 4. The van der Waals surface area contributed by atoms with Gasteiger partial charge < -0.3 is 15.0 Å². The summed E-state index contributed by atoms with van der Waals surface area (Å²) in [5, 5.41) is 3.74. The van der Waals surface area contributed by atoms with Crippen molar-refractivity contribution in [3.8, 4) is 0 Å². The summed E-state index contributed by atoms with van der Waals surface area (Å²) in [5.74, 6) is 1.79. The van der Waals surface area contributed by atoms with E-state index in [0.29, 0.717) is 0 Å². The van der Waals surface area contributed by atoms with Crippen molar-refractivity contribution < 1.29 is 4.74 Å². The van der Waals surface area contributed by atoms with Crippen molar-refractivity contribution >= 4 is 0 Å². The van der Waals surface area contributed by atoms with Gasteiger partial charge >= 0.3 is 0 Å². The highest BCUT2D eigenvalue weighted by Crippen LogP contribution is 2.33. The Labute approximate surface area is 105 Å². The molecule has 0 radical (unpaired) electrons. The molecule has 0 amide bonds. The largest absolute Gasteiger partial charge is 0.381 e. The summed E-state index contributed by atoms with van der Waals surface area (Å²) in [6, 6.07) is 1.68. The average molecular weight is 238 g/mol. The summed E-state index contributed by atoms with van der Waals surface area (Å²) < 4.78 is 5.43. The van der Waals surface area contributed by atoms with Crippen LogP contribution < -0.4 is 5.32 Å². The smallest absolute Gasteiger partial charge is 0.0469 e. The fraction of sp³-hybridized carbons (Fsp3) is 1.00. The van der Waals surface area contributed by atoms with Crippen LogP contribution in [-0.2, 0) is 4.74 Å². The predicted octanol–water partition coefficient (Wildman–Crippen LogP) is 1.49. The molecule has 3 rings (SSSR count). The van der Waals surface area contributed by atoms with Gasteiger partial charge in [-0.2, -0.15) is 0 Å². The Balaban J connectivity index is 1.42. The van der Waals surface area contributed by atoms with Gasteiger partial charge in [-0.1, -0.05) is 0 Å². The summed E-state index contributed by atoms with van der Waals surface area (Å²) >= 11 is 0. The second-order valence-corrected chi connectivity index (χ2v) is 6.32. The minimum Gasteiger partial charge on any atom is -0.381 e. The maximum atomic E-state index is 5.43. The second-order valence-electron chi connectivity index (χ2n) is 6.32. The molecular weight excluding hydrogens is 212 g/mol. The van der Waals surface area contributed by atoms with Crippen LogP contribution in [0.25, 0.3) is 0 Å². The van der Waals surface area contributed by atoms with Crippen LogP contribution in [0.4, 0.5) is 0 Å². The lowest BCUT2D eigenvalue weighted by molar-refractivity contribution is 0.0535. The highest BCUT2D eigenvalue weighted by atomic mass is 16.5. The van der Waals surface area contributed by atoms with Gasteiger partial charge in [-0.05, 0) is 51.0 Å². The van der Waals surface area contributed by atoms with Crippen molar-refractivity contribution in [2.45, 2.75) is 44.2 Å². The van der Waals surface area contributed by atoms with Crippen molar-refractivity contribution in [2.75, 3.05) is 33.4 Å². The maximum Gasteiger partial charge on any atom is 0.0469 e. The second kappa shape index (κ2) is 5.25. The highest BCUT2D eigenvalue weighted by molar-refractivity contribution is 4.98. The van der Waals surface area contributed by atoms with Gasteiger partial charge in [-0.3, -0.25) is 0 Å². The summed E-state index contributed by atoms with van der Waals surface area (Å²) in [7, 11) is 2.31. The van der Waals surface area contributed by atoms with Crippen LogP contribution in [0.15, 0.2) is 0 Å². The van der Waals surface area contributed by atoms with Crippen LogP contribution >= 0.6 is 0 Å². The zero-order valence-electron chi connectivity index (χ0n) is 11.0. The highest BCUT2D eigenvalue weighted by Gasteiger charge is 2.39. The van der Waals surface area contributed by atoms with Crippen LogP contribution in [0.3, 0.4) is 0 Å². The number of fused-ring (bicyclic) bond motifs is 2. The Kier molecular flexibility index (Phi) is 3.69. The first-order valence-electron chi connectivity index (χ1n) is 7.33. The first-order chi connectivity index (χ1) is 8.31. The minimum absolute atomic E-state index is 0.831. The van der Waals surface area contributed by atoms with Gasteiger partial charge in [0.05, 0.1) is 0 Å². The normalized spacial score (nSPS) is 38.1. The number of hydrogen-bond donors (Lipinski definition) is 1. The summed E-state index contributed by atoms with van der Waals surface area (Å²) in [6.45, 7) is 4.53. The Morgan fingerprint density at radius 1 is 1.12 bits per heavy atom. The van der Waals surface area contributed by atoms with Gasteiger partial charge in [-0.25, -0.2) is 0 Å². The first kappa shape index (κ1) is 11.9. The van der Waals surface area contributed by atoms with Crippen molar-refractivity contribution in [3.63, 3.8) is 0 Å². The van der Waals surface area contributed by atoms with Crippen LogP contribution in [0.5, 0.6) is 0 Å². The molecule has 3 saturated heterocycles. The molecule has 3 heterocycles. The predicted molar refractivity (Wildman–Crippen MR) is 69.1 cm³/mol. The molecule has 3 aliphatic heterocycles. The van der Waals surface area contributed by atoms with Gasteiger partial charge in [0.25, 0.3) is 0 Å². The summed E-state index contributed by atoms with van der Waals surface area (Å²) in [4.78, 5) is 2.57. The topological polar surface area (TPSA) is 24.5 Å². The van der Waals surface area contributed by atoms with E-state index >= 15 is 0 Å². The SMILES string of the molecule is CN(CC1CCOCC1)CC1CC2CCC1N2. The summed E-state index contributed by atoms with van der Waals surface area (Å²) in [6.07, 6.45) is 6.78. The molecule has 98 valence electrons. The Morgan fingerprint density at radius 2 is 1.94 bits per heavy atom. The zero-order chi connectivity index (χ0) is 11.7. The molecule has 0 saturated carbocycles. The van der Waals surface area contributed by atoms with Gasteiger partial charge in [0.2, 0.25) is 0 Å². The average Bonchev–Trinajstić information content (AvgIpc) is 2.92. The third kappa shape index (κ3) is 2.83. The van der Waals surface area contributed by atoms with Gasteiger partial charge in [0.15, 0.2) is 0 Å². The first-order valence-corrected chi connectivity index (χ1v) is 7.33. The van der Waals surface area contributed by atoms with E-state index in [1.165, 1.54) is 45.2 Å². The molecule has 3 fully saturated rings. The molecule has 0 aromatic carbocycles. The van der Waals surface area contributed by atoms with Crippen LogP contribution in [0.2, 0.25) is 0 Å². The molecule has 3 aliphatic rings. The van der Waals surface area contributed by atoms with E-state index < -0.39 is 0 Å². The van der Waals surface area contributed by atoms with Crippen molar-refractivity contribution in [3.05, 3.63) is 0 Å². The molecule has 0 aliphatic carbocycles. The number of ether oxygens (including phenoxy) is 1. The van der Waals surface area contributed by atoms with E-state index in [2.05, 4.69) is 17.3 Å². The van der Waals surface area contributed by atoms with Crippen molar-refractivity contribution in [1.29, 1.82) is 0 Å². The molecule has 0 aromatic heterocycles. The molecule has 3 unspecified atom stereocenters.